The van der Waals surface area contributed by atoms with Crippen LogP contribution >= 0.6 is 11.6 Å². The minimum Gasteiger partial charge on any atom is -0.481 e. The van der Waals surface area contributed by atoms with Crippen LogP contribution in [0.3, 0.4) is 0 Å². The average Bonchev–Trinajstić information content (AvgIpc) is 3.09. The van der Waals surface area contributed by atoms with Crippen molar-refractivity contribution >= 4 is 23.3 Å². The number of hydrogen-bond donors (Lipinski definition) is 0. The lowest BCUT2D eigenvalue weighted by molar-refractivity contribution is -0.124. The third-order valence-corrected chi connectivity index (χ3v) is 4.97. The Morgan fingerprint density at radius 2 is 1.89 bits per heavy atom. The standard InChI is InChI=1S/C22H23ClN2O3/c1-14-11-19(12-15(2)21(14)23)28-17(4)22(26)25(20-7-5-6-10-24-20)13-18-9-8-16(3)27-18/h5-12,17H,13H2,1-4H3/t17-/m1/s1. The van der Waals surface area contributed by atoms with E-state index in [2.05, 4.69) is 4.98 Å². The summed E-state index contributed by atoms with van der Waals surface area (Å²) in [6, 6.07) is 12.8. The molecule has 1 atom stereocenters. The minimum absolute atomic E-state index is 0.210. The van der Waals surface area contributed by atoms with Crippen molar-refractivity contribution in [3.05, 3.63) is 76.3 Å². The summed E-state index contributed by atoms with van der Waals surface area (Å²) >= 11 is 6.22. The van der Waals surface area contributed by atoms with Gasteiger partial charge in [0.1, 0.15) is 23.1 Å². The van der Waals surface area contributed by atoms with Crippen molar-refractivity contribution in [2.75, 3.05) is 4.90 Å². The van der Waals surface area contributed by atoms with E-state index in [0.717, 1.165) is 16.9 Å². The summed E-state index contributed by atoms with van der Waals surface area (Å²) < 4.78 is 11.6. The maximum Gasteiger partial charge on any atom is 0.269 e. The van der Waals surface area contributed by atoms with E-state index in [1.807, 2.05) is 57.2 Å². The molecule has 0 unspecified atom stereocenters. The molecule has 0 radical (unpaired) electrons. The lowest BCUT2D eigenvalue weighted by Crippen LogP contribution is -2.40. The van der Waals surface area contributed by atoms with Crippen molar-refractivity contribution < 1.29 is 13.9 Å². The van der Waals surface area contributed by atoms with Gasteiger partial charge in [0.15, 0.2) is 6.10 Å². The van der Waals surface area contributed by atoms with Crippen LogP contribution in [-0.2, 0) is 11.3 Å². The average molecular weight is 399 g/mol. The monoisotopic (exact) mass is 398 g/mol. The molecular weight excluding hydrogens is 376 g/mol. The summed E-state index contributed by atoms with van der Waals surface area (Å²) in [5, 5.41) is 0.703. The molecule has 0 bridgehead atoms. The van der Waals surface area contributed by atoms with Crippen LogP contribution in [0, 0.1) is 20.8 Å². The number of amides is 1. The Morgan fingerprint density at radius 1 is 1.18 bits per heavy atom. The van der Waals surface area contributed by atoms with Crippen molar-refractivity contribution in [2.45, 2.75) is 40.3 Å². The van der Waals surface area contributed by atoms with Crippen molar-refractivity contribution in [1.29, 1.82) is 0 Å². The number of pyridine rings is 1. The fourth-order valence-corrected chi connectivity index (χ4v) is 3.07. The lowest BCUT2D eigenvalue weighted by Gasteiger charge is -2.25. The number of furan rings is 1. The first-order valence-corrected chi connectivity index (χ1v) is 9.44. The van der Waals surface area contributed by atoms with Crippen LogP contribution in [0.15, 0.2) is 53.1 Å². The zero-order chi connectivity index (χ0) is 20.3. The first-order valence-electron chi connectivity index (χ1n) is 9.06. The highest BCUT2D eigenvalue weighted by Crippen LogP contribution is 2.27. The molecule has 0 saturated heterocycles. The number of aromatic nitrogens is 1. The van der Waals surface area contributed by atoms with E-state index in [-0.39, 0.29) is 12.5 Å². The number of rotatable bonds is 6. The third-order valence-electron chi connectivity index (χ3n) is 4.37. The zero-order valence-corrected chi connectivity index (χ0v) is 17.2. The Labute approximate surface area is 169 Å². The number of nitrogens with zero attached hydrogens (tertiary/aromatic N) is 2. The van der Waals surface area contributed by atoms with E-state index >= 15 is 0 Å². The molecule has 2 aromatic heterocycles. The molecular formula is C22H23ClN2O3. The predicted octanol–water partition coefficient (Wildman–Crippen LogP) is 5.25. The first-order chi connectivity index (χ1) is 13.3. The molecule has 2 heterocycles. The van der Waals surface area contributed by atoms with E-state index < -0.39 is 6.10 Å². The summed E-state index contributed by atoms with van der Waals surface area (Å²) in [5.74, 6) is 2.41. The summed E-state index contributed by atoms with van der Waals surface area (Å²) in [6.45, 7) is 7.69. The van der Waals surface area contributed by atoms with E-state index in [0.29, 0.717) is 22.4 Å². The molecule has 0 N–H and O–H groups in total. The molecule has 6 heteroatoms. The van der Waals surface area contributed by atoms with E-state index in [4.69, 9.17) is 20.8 Å². The Bertz CT molecular complexity index is 946. The lowest BCUT2D eigenvalue weighted by atomic mass is 10.1. The van der Waals surface area contributed by atoms with Gasteiger partial charge in [0.2, 0.25) is 0 Å². The van der Waals surface area contributed by atoms with E-state index in [1.54, 1.807) is 24.1 Å². The molecule has 1 amide bonds. The molecule has 146 valence electrons. The number of ether oxygens (including phenoxy) is 1. The van der Waals surface area contributed by atoms with Gasteiger partial charge < -0.3 is 9.15 Å². The number of halogens is 1. The number of benzene rings is 1. The van der Waals surface area contributed by atoms with Crippen LogP contribution in [0.2, 0.25) is 5.02 Å². The fourth-order valence-electron chi connectivity index (χ4n) is 2.96. The van der Waals surface area contributed by atoms with Crippen LogP contribution in [0.5, 0.6) is 5.75 Å². The number of aryl methyl sites for hydroxylation is 3. The number of carbonyl (C=O) groups excluding carboxylic acids is 1. The molecule has 0 spiro atoms. The van der Waals surface area contributed by atoms with Crippen molar-refractivity contribution in [3.63, 3.8) is 0 Å². The quantitative estimate of drug-likeness (QED) is 0.568. The highest BCUT2D eigenvalue weighted by molar-refractivity contribution is 6.32. The number of carbonyl (C=O) groups is 1. The van der Waals surface area contributed by atoms with Gasteiger partial charge in [-0.2, -0.15) is 0 Å². The van der Waals surface area contributed by atoms with Crippen molar-refractivity contribution in [1.82, 2.24) is 4.98 Å². The second kappa shape index (κ2) is 8.48. The van der Waals surface area contributed by atoms with Crippen LogP contribution in [0.25, 0.3) is 0 Å². The second-order valence-electron chi connectivity index (χ2n) is 6.76. The van der Waals surface area contributed by atoms with Gasteiger partial charge in [-0.25, -0.2) is 4.98 Å². The topological polar surface area (TPSA) is 55.6 Å². The Hall–Kier alpha value is -2.79. The summed E-state index contributed by atoms with van der Waals surface area (Å²) in [7, 11) is 0. The molecule has 3 aromatic rings. The van der Waals surface area contributed by atoms with Crippen molar-refractivity contribution in [2.24, 2.45) is 0 Å². The van der Waals surface area contributed by atoms with Gasteiger partial charge in [0.25, 0.3) is 5.91 Å². The van der Waals surface area contributed by atoms with Crippen LogP contribution in [-0.4, -0.2) is 17.0 Å². The van der Waals surface area contributed by atoms with Gasteiger partial charge in [-0.15, -0.1) is 0 Å². The van der Waals surface area contributed by atoms with Gasteiger partial charge >= 0.3 is 0 Å². The minimum atomic E-state index is -0.710. The van der Waals surface area contributed by atoms with E-state index in [1.165, 1.54) is 0 Å². The van der Waals surface area contributed by atoms with Gasteiger partial charge in [0, 0.05) is 11.2 Å². The number of hydrogen-bond acceptors (Lipinski definition) is 4. The van der Waals surface area contributed by atoms with Crippen LogP contribution in [0.1, 0.15) is 29.6 Å². The Kier molecular flexibility index (Phi) is 6.05. The molecule has 5 nitrogen and oxygen atoms in total. The zero-order valence-electron chi connectivity index (χ0n) is 16.4. The van der Waals surface area contributed by atoms with Gasteiger partial charge in [-0.1, -0.05) is 17.7 Å². The molecule has 28 heavy (non-hydrogen) atoms. The summed E-state index contributed by atoms with van der Waals surface area (Å²) in [4.78, 5) is 19.1. The largest absolute Gasteiger partial charge is 0.481 e. The molecule has 0 saturated carbocycles. The maximum atomic E-state index is 13.2. The highest BCUT2D eigenvalue weighted by atomic mass is 35.5. The molecule has 0 fully saturated rings. The number of anilines is 1. The van der Waals surface area contributed by atoms with Crippen molar-refractivity contribution in [3.8, 4) is 5.75 Å². The van der Waals surface area contributed by atoms with E-state index in [9.17, 15) is 4.79 Å². The Balaban J connectivity index is 1.83. The summed E-state index contributed by atoms with van der Waals surface area (Å²) in [5.41, 5.74) is 1.81. The van der Waals surface area contributed by atoms with Gasteiger partial charge in [0.05, 0.1) is 6.54 Å². The van der Waals surface area contributed by atoms with Gasteiger partial charge in [-0.05, 0) is 75.2 Å². The predicted molar refractivity (Wildman–Crippen MR) is 110 cm³/mol. The Morgan fingerprint density at radius 3 is 2.46 bits per heavy atom. The van der Waals surface area contributed by atoms with Crippen LogP contribution in [0.4, 0.5) is 5.82 Å². The maximum absolute atomic E-state index is 13.2. The summed E-state index contributed by atoms with van der Waals surface area (Å²) in [6.07, 6.45) is 0.943. The molecule has 0 aliphatic carbocycles. The SMILES string of the molecule is Cc1ccc(CN(C(=O)[C@@H](C)Oc2cc(C)c(Cl)c(C)c2)c2ccccn2)o1. The molecule has 0 aliphatic rings. The molecule has 0 aliphatic heterocycles. The third kappa shape index (κ3) is 4.54. The normalized spacial score (nSPS) is 11.9. The highest BCUT2D eigenvalue weighted by Gasteiger charge is 2.26. The molecule has 1 aromatic carbocycles. The van der Waals surface area contributed by atoms with Gasteiger partial charge in [-0.3, -0.25) is 9.69 Å². The van der Waals surface area contributed by atoms with Crippen LogP contribution < -0.4 is 9.64 Å². The molecule has 3 rings (SSSR count). The fraction of sp³-hybridized carbons (Fsp3) is 0.273. The smallest absolute Gasteiger partial charge is 0.269 e. The first kappa shape index (κ1) is 20.0. The second-order valence-corrected chi connectivity index (χ2v) is 7.13.